The van der Waals surface area contributed by atoms with Crippen LogP contribution in [0.2, 0.25) is 0 Å². The van der Waals surface area contributed by atoms with Crippen LogP contribution in [0, 0.1) is 0 Å². The van der Waals surface area contributed by atoms with Gasteiger partial charge in [-0.1, -0.05) is 281 Å². The van der Waals surface area contributed by atoms with Crippen molar-refractivity contribution in [1.82, 2.24) is 5.32 Å². The number of nitrogens with one attached hydrogen (secondary N) is 1. The Morgan fingerprint density at radius 3 is 1.10 bits per heavy atom. The first-order valence-corrected chi connectivity index (χ1v) is 30.8. The SMILES string of the molecule is CCCCCCCCCCCCCCCCCCCCCCCC/C=C/C(O)C(CO)NC(=O)CCCCCCCCC/C=C\C/C=C\CCCCCOC(=O)CCCCCCCCCCCCC. The Labute approximate surface area is 430 Å². The second kappa shape index (κ2) is 58.6. The monoisotopic (exact) mass is 970 g/mol. The molecular weight excluding hydrogens is 851 g/mol. The van der Waals surface area contributed by atoms with Crippen LogP contribution in [0.5, 0.6) is 0 Å². The number of carbonyl (C=O) groups is 2. The Bertz CT molecular complexity index is 1120. The van der Waals surface area contributed by atoms with Gasteiger partial charge in [-0.3, -0.25) is 9.59 Å². The van der Waals surface area contributed by atoms with Gasteiger partial charge in [-0.15, -0.1) is 0 Å². The molecular formula is C63H119NO5. The number of esters is 1. The van der Waals surface area contributed by atoms with Gasteiger partial charge in [-0.2, -0.15) is 0 Å². The van der Waals surface area contributed by atoms with Gasteiger partial charge in [-0.25, -0.2) is 0 Å². The van der Waals surface area contributed by atoms with Crippen LogP contribution in [0.15, 0.2) is 36.5 Å². The number of hydrogen-bond acceptors (Lipinski definition) is 5. The van der Waals surface area contributed by atoms with Crippen LogP contribution in [0.25, 0.3) is 0 Å². The molecule has 0 saturated heterocycles. The van der Waals surface area contributed by atoms with Crippen LogP contribution in [-0.4, -0.2) is 47.4 Å². The number of ether oxygens (including phenoxy) is 1. The Morgan fingerprint density at radius 2 is 0.725 bits per heavy atom. The Kier molecular flexibility index (Phi) is 57.0. The zero-order valence-electron chi connectivity index (χ0n) is 46.3. The molecule has 0 saturated carbocycles. The highest BCUT2D eigenvalue weighted by Gasteiger charge is 2.18. The number of amides is 1. The highest BCUT2D eigenvalue weighted by Crippen LogP contribution is 2.17. The topological polar surface area (TPSA) is 95.9 Å². The maximum atomic E-state index is 12.5. The smallest absolute Gasteiger partial charge is 0.305 e. The summed E-state index contributed by atoms with van der Waals surface area (Å²) in [6.45, 7) is 4.87. The van der Waals surface area contributed by atoms with Gasteiger partial charge in [0.1, 0.15) is 0 Å². The van der Waals surface area contributed by atoms with Crippen LogP contribution < -0.4 is 5.32 Å². The van der Waals surface area contributed by atoms with E-state index in [0.717, 1.165) is 83.5 Å². The molecule has 1 amide bonds. The van der Waals surface area contributed by atoms with Gasteiger partial charge in [0, 0.05) is 12.8 Å². The molecule has 0 aromatic rings. The van der Waals surface area contributed by atoms with Crippen molar-refractivity contribution >= 4 is 11.9 Å². The van der Waals surface area contributed by atoms with Crippen LogP contribution in [0.1, 0.15) is 328 Å². The van der Waals surface area contributed by atoms with E-state index in [4.69, 9.17) is 4.74 Å². The van der Waals surface area contributed by atoms with E-state index in [1.807, 2.05) is 6.08 Å². The number of rotatable bonds is 57. The lowest BCUT2D eigenvalue weighted by molar-refractivity contribution is -0.143. The first-order valence-electron chi connectivity index (χ1n) is 30.8. The second-order valence-corrected chi connectivity index (χ2v) is 21.0. The lowest BCUT2D eigenvalue weighted by Crippen LogP contribution is -2.45. The minimum Gasteiger partial charge on any atom is -0.466 e. The summed E-state index contributed by atoms with van der Waals surface area (Å²) in [5.74, 6) is -0.0978. The maximum absolute atomic E-state index is 12.5. The Hall–Kier alpha value is -1.92. The molecule has 0 bridgehead atoms. The largest absolute Gasteiger partial charge is 0.466 e. The average molecular weight is 971 g/mol. The van der Waals surface area contributed by atoms with Gasteiger partial charge in [0.05, 0.1) is 25.4 Å². The van der Waals surface area contributed by atoms with Gasteiger partial charge in [0.25, 0.3) is 0 Å². The van der Waals surface area contributed by atoms with E-state index in [0.29, 0.717) is 19.4 Å². The molecule has 6 nitrogen and oxygen atoms in total. The highest BCUT2D eigenvalue weighted by molar-refractivity contribution is 5.76. The molecule has 0 aromatic carbocycles. The number of hydrogen-bond donors (Lipinski definition) is 3. The molecule has 3 N–H and O–H groups in total. The molecule has 2 unspecified atom stereocenters. The molecule has 0 aliphatic carbocycles. The molecule has 69 heavy (non-hydrogen) atoms. The van der Waals surface area contributed by atoms with E-state index >= 15 is 0 Å². The number of allylic oxidation sites excluding steroid dienone is 5. The molecule has 0 aliphatic rings. The lowest BCUT2D eigenvalue weighted by Gasteiger charge is -2.20. The summed E-state index contributed by atoms with van der Waals surface area (Å²) >= 11 is 0. The molecule has 0 spiro atoms. The van der Waals surface area contributed by atoms with E-state index in [1.165, 1.54) is 218 Å². The van der Waals surface area contributed by atoms with Gasteiger partial charge in [-0.05, 0) is 70.6 Å². The van der Waals surface area contributed by atoms with Crippen molar-refractivity contribution in [3.05, 3.63) is 36.5 Å². The summed E-state index contributed by atoms with van der Waals surface area (Å²) < 4.78 is 5.44. The van der Waals surface area contributed by atoms with Gasteiger partial charge >= 0.3 is 5.97 Å². The van der Waals surface area contributed by atoms with E-state index in [-0.39, 0.29) is 18.5 Å². The Balaban J connectivity index is 3.52. The number of aliphatic hydroxyl groups excluding tert-OH is 2. The van der Waals surface area contributed by atoms with E-state index in [9.17, 15) is 19.8 Å². The summed E-state index contributed by atoms with van der Waals surface area (Å²) in [5, 5.41) is 23.2. The van der Waals surface area contributed by atoms with Crippen LogP contribution >= 0.6 is 0 Å². The van der Waals surface area contributed by atoms with Crippen molar-refractivity contribution in [2.75, 3.05) is 13.2 Å². The molecule has 406 valence electrons. The van der Waals surface area contributed by atoms with E-state index in [2.05, 4.69) is 43.5 Å². The predicted molar refractivity (Wildman–Crippen MR) is 301 cm³/mol. The van der Waals surface area contributed by atoms with Crippen LogP contribution in [0.3, 0.4) is 0 Å². The standard InChI is InChI=1S/C63H119NO5/c1-3-5-7-9-11-13-15-16-17-18-19-20-21-22-23-24-26-29-32-36-39-43-47-51-55-61(66)60(59-65)64-62(67)56-52-48-44-40-37-33-30-27-25-28-31-34-38-42-46-50-54-58-69-63(68)57-53-49-45-41-35-14-12-10-8-6-4-2/h25,28,34,38,51,55,60-61,65-66H,3-24,26-27,29-33,35-37,39-50,52-54,56-59H2,1-2H3,(H,64,67)/b28-25-,38-34-,55-51+. The maximum Gasteiger partial charge on any atom is 0.305 e. The normalized spacial score (nSPS) is 12.8. The minimum absolute atomic E-state index is 0.0165. The Morgan fingerprint density at radius 1 is 0.406 bits per heavy atom. The molecule has 0 aliphatic heterocycles. The summed E-state index contributed by atoms with van der Waals surface area (Å²) in [6.07, 6.45) is 73.3. The summed E-state index contributed by atoms with van der Waals surface area (Å²) in [4.78, 5) is 24.5. The summed E-state index contributed by atoms with van der Waals surface area (Å²) in [5.41, 5.74) is 0. The molecule has 0 fully saturated rings. The average Bonchev–Trinajstić information content (AvgIpc) is 3.35. The fraction of sp³-hybridized carbons (Fsp3) is 0.873. The van der Waals surface area contributed by atoms with Gasteiger partial charge in [0.2, 0.25) is 5.91 Å². The third-order valence-electron chi connectivity index (χ3n) is 14.2. The molecule has 0 rings (SSSR count). The third kappa shape index (κ3) is 55.2. The van der Waals surface area contributed by atoms with Crippen molar-refractivity contribution in [3.8, 4) is 0 Å². The molecule has 0 radical (unpaired) electrons. The number of unbranched alkanes of at least 4 members (excludes halogenated alkanes) is 42. The quantitative estimate of drug-likeness (QED) is 0.0321. The van der Waals surface area contributed by atoms with Crippen LogP contribution in [0.4, 0.5) is 0 Å². The molecule has 6 heteroatoms. The highest BCUT2D eigenvalue weighted by atomic mass is 16.5. The number of aliphatic hydroxyl groups is 2. The fourth-order valence-corrected chi connectivity index (χ4v) is 9.43. The first-order chi connectivity index (χ1) is 34.0. The molecule has 0 heterocycles. The summed E-state index contributed by atoms with van der Waals surface area (Å²) in [7, 11) is 0. The molecule has 2 atom stereocenters. The number of carbonyl (C=O) groups excluding carboxylic acids is 2. The summed E-state index contributed by atoms with van der Waals surface area (Å²) in [6, 6.07) is -0.641. The van der Waals surface area contributed by atoms with E-state index in [1.54, 1.807) is 6.08 Å². The first kappa shape index (κ1) is 67.1. The lowest BCUT2D eigenvalue weighted by atomic mass is 10.0. The molecule has 0 aromatic heterocycles. The van der Waals surface area contributed by atoms with Crippen molar-refractivity contribution < 1.29 is 24.5 Å². The third-order valence-corrected chi connectivity index (χ3v) is 14.2. The predicted octanol–water partition coefficient (Wildman–Crippen LogP) is 19.2. The van der Waals surface area contributed by atoms with Crippen molar-refractivity contribution in [1.29, 1.82) is 0 Å². The fourth-order valence-electron chi connectivity index (χ4n) is 9.43. The van der Waals surface area contributed by atoms with E-state index < -0.39 is 12.1 Å². The van der Waals surface area contributed by atoms with Crippen molar-refractivity contribution in [2.45, 2.75) is 341 Å². The minimum atomic E-state index is -0.856. The second-order valence-electron chi connectivity index (χ2n) is 21.0. The van der Waals surface area contributed by atoms with Crippen molar-refractivity contribution in [3.63, 3.8) is 0 Å². The van der Waals surface area contributed by atoms with Crippen molar-refractivity contribution in [2.24, 2.45) is 0 Å². The zero-order chi connectivity index (χ0) is 50.0. The van der Waals surface area contributed by atoms with Crippen LogP contribution in [-0.2, 0) is 14.3 Å². The van der Waals surface area contributed by atoms with Gasteiger partial charge in [0.15, 0.2) is 0 Å². The zero-order valence-corrected chi connectivity index (χ0v) is 46.3. The van der Waals surface area contributed by atoms with Gasteiger partial charge < -0.3 is 20.3 Å².